The summed E-state index contributed by atoms with van der Waals surface area (Å²) in [6.07, 6.45) is 3.11. The molecule has 1 N–H and O–H groups in total. The summed E-state index contributed by atoms with van der Waals surface area (Å²) in [5, 5.41) is 2.41. The van der Waals surface area contributed by atoms with Crippen molar-refractivity contribution in [2.75, 3.05) is 0 Å². The minimum Gasteiger partial charge on any atom is -0.337 e. The van der Waals surface area contributed by atoms with Crippen LogP contribution in [-0.2, 0) is 4.79 Å². The molecule has 0 unspecified atom stereocenters. The molecule has 0 rings (SSSR count). The Labute approximate surface area is 57.1 Å². The molecule has 0 aliphatic carbocycles. The third kappa shape index (κ3) is 3.87. The fourth-order valence-electron chi connectivity index (χ4n) is 0.253. The van der Waals surface area contributed by atoms with Crippen molar-refractivity contribution in [2.24, 2.45) is 0 Å². The zero-order valence-corrected chi connectivity index (χ0v) is 6.10. The van der Waals surface area contributed by atoms with Gasteiger partial charge in [-0.3, -0.25) is 4.79 Å². The predicted octanol–water partition coefficient (Wildman–Crippen LogP) is 1.19. The number of amides is 1. The number of carbonyl (C=O) groups is 1. The van der Waals surface area contributed by atoms with Gasteiger partial charge in [0, 0.05) is 0 Å². The lowest BCUT2D eigenvalue weighted by Crippen LogP contribution is -2.14. The molecule has 3 heteroatoms. The Morgan fingerprint density at radius 3 is 2.75 bits per heavy atom. The number of hydrogen-bond donors (Lipinski definition) is 1. The van der Waals surface area contributed by atoms with Crippen molar-refractivity contribution >= 4 is 21.8 Å². The maximum Gasteiger partial charge on any atom is 0.244 e. The van der Waals surface area contributed by atoms with Gasteiger partial charge in [0.1, 0.15) is 5.45 Å². The predicted molar refractivity (Wildman–Crippen MR) is 36.2 cm³/mol. The van der Waals surface area contributed by atoms with Crippen LogP contribution < -0.4 is 5.32 Å². The Hall–Kier alpha value is -0.310. The van der Waals surface area contributed by atoms with Crippen LogP contribution in [0.2, 0.25) is 0 Å². The molecule has 0 aliphatic heterocycles. The maximum atomic E-state index is 10.4. The van der Waals surface area contributed by atoms with E-state index in [0.717, 1.165) is 0 Å². The first kappa shape index (κ1) is 7.69. The molecular formula is C5H7BrNO. The molecule has 0 aromatic rings. The fourth-order valence-corrected chi connectivity index (χ4v) is 0.479. The van der Waals surface area contributed by atoms with E-state index in [1.54, 1.807) is 13.0 Å². The quantitative estimate of drug-likeness (QED) is 0.498. The van der Waals surface area contributed by atoms with E-state index in [1.807, 2.05) is 0 Å². The van der Waals surface area contributed by atoms with Crippen LogP contribution in [0.5, 0.6) is 0 Å². The number of hydrogen-bond acceptors (Lipinski definition) is 1. The molecule has 0 atom stereocenters. The summed E-state index contributed by atoms with van der Waals surface area (Å²) in [4.78, 5) is 10.4. The molecule has 0 aromatic heterocycles. The van der Waals surface area contributed by atoms with Crippen LogP contribution in [0, 0.1) is 5.45 Å². The van der Waals surface area contributed by atoms with Crippen molar-refractivity contribution in [3.63, 3.8) is 0 Å². The largest absolute Gasteiger partial charge is 0.337 e. The Kier molecular flexibility index (Phi) is 4.65. The van der Waals surface area contributed by atoms with Gasteiger partial charge in [-0.15, -0.1) is 0 Å². The van der Waals surface area contributed by atoms with Crippen molar-refractivity contribution < 1.29 is 4.79 Å². The lowest BCUT2D eigenvalue weighted by Gasteiger charge is -1.89. The molecule has 0 bridgehead atoms. The molecule has 0 saturated carbocycles. The van der Waals surface area contributed by atoms with Gasteiger partial charge < -0.3 is 5.32 Å². The summed E-state index contributed by atoms with van der Waals surface area (Å²) in [6, 6.07) is 0. The normalized spacial score (nSPS) is 9.75. The molecular weight excluding hydrogens is 170 g/mol. The number of halogens is 1. The molecule has 1 radical (unpaired) electrons. The molecule has 0 aliphatic rings. The fraction of sp³-hybridized carbons (Fsp3) is 0.200. The topological polar surface area (TPSA) is 29.1 Å². The van der Waals surface area contributed by atoms with Gasteiger partial charge in [0.15, 0.2) is 0 Å². The van der Waals surface area contributed by atoms with Gasteiger partial charge in [-0.2, -0.15) is 0 Å². The van der Waals surface area contributed by atoms with Crippen molar-refractivity contribution in [2.45, 2.75) is 6.92 Å². The molecule has 0 fully saturated rings. The first-order valence-electron chi connectivity index (χ1n) is 2.16. The van der Waals surface area contributed by atoms with E-state index in [4.69, 9.17) is 0 Å². The highest BCUT2D eigenvalue weighted by Crippen LogP contribution is 1.81. The van der Waals surface area contributed by atoms with E-state index in [9.17, 15) is 4.79 Å². The summed E-state index contributed by atoms with van der Waals surface area (Å²) >= 11 is 2.93. The van der Waals surface area contributed by atoms with Crippen LogP contribution in [0.15, 0.2) is 12.2 Å². The van der Waals surface area contributed by atoms with Gasteiger partial charge in [0.05, 0.1) is 0 Å². The molecule has 0 spiro atoms. The Morgan fingerprint density at radius 2 is 2.38 bits per heavy atom. The Morgan fingerprint density at radius 1 is 1.75 bits per heavy atom. The van der Waals surface area contributed by atoms with Crippen molar-refractivity contribution in [3.05, 3.63) is 17.6 Å². The standard InChI is InChI=1S/C5H7BrNO/c1-2-3-5(8)7-4-6/h2-4H,1H3,(H,7,8)/b3-2+. The van der Waals surface area contributed by atoms with Crippen molar-refractivity contribution in [3.8, 4) is 0 Å². The maximum absolute atomic E-state index is 10.4. The van der Waals surface area contributed by atoms with E-state index < -0.39 is 0 Å². The van der Waals surface area contributed by atoms with Gasteiger partial charge in [0.2, 0.25) is 5.91 Å². The Balaban J connectivity index is 3.33. The molecule has 45 valence electrons. The van der Waals surface area contributed by atoms with Crippen molar-refractivity contribution in [1.29, 1.82) is 0 Å². The van der Waals surface area contributed by atoms with Crippen LogP contribution in [0.25, 0.3) is 0 Å². The van der Waals surface area contributed by atoms with Gasteiger partial charge in [-0.05, 0) is 13.0 Å². The minimum atomic E-state index is -0.121. The molecule has 2 nitrogen and oxygen atoms in total. The molecule has 0 saturated heterocycles. The molecule has 0 heterocycles. The number of rotatable bonds is 2. The first-order valence-corrected chi connectivity index (χ1v) is 3.08. The summed E-state index contributed by atoms with van der Waals surface area (Å²) in [7, 11) is 0. The van der Waals surface area contributed by atoms with Crippen LogP contribution in [0.3, 0.4) is 0 Å². The van der Waals surface area contributed by atoms with E-state index in [2.05, 4.69) is 21.2 Å². The highest BCUT2D eigenvalue weighted by molar-refractivity contribution is 9.10. The van der Waals surface area contributed by atoms with Gasteiger partial charge in [0.25, 0.3) is 0 Å². The van der Waals surface area contributed by atoms with Gasteiger partial charge in [-0.25, -0.2) is 0 Å². The summed E-state index contributed by atoms with van der Waals surface area (Å²) in [6.45, 7) is 1.79. The number of carbonyl (C=O) groups excluding carboxylic acids is 1. The lowest BCUT2D eigenvalue weighted by molar-refractivity contribution is -0.115. The van der Waals surface area contributed by atoms with E-state index >= 15 is 0 Å². The van der Waals surface area contributed by atoms with Crippen molar-refractivity contribution in [1.82, 2.24) is 5.32 Å². The van der Waals surface area contributed by atoms with Crippen LogP contribution in [0.4, 0.5) is 0 Å². The second-order valence-corrected chi connectivity index (χ2v) is 1.58. The highest BCUT2D eigenvalue weighted by Gasteiger charge is 1.87. The minimum absolute atomic E-state index is 0.121. The molecule has 8 heavy (non-hydrogen) atoms. The van der Waals surface area contributed by atoms with Crippen LogP contribution in [0.1, 0.15) is 6.92 Å². The van der Waals surface area contributed by atoms with Gasteiger partial charge in [-0.1, -0.05) is 22.0 Å². The second-order valence-electron chi connectivity index (χ2n) is 1.12. The van der Waals surface area contributed by atoms with E-state index in [0.29, 0.717) is 0 Å². The zero-order valence-electron chi connectivity index (χ0n) is 4.52. The number of allylic oxidation sites excluding steroid dienone is 1. The lowest BCUT2D eigenvalue weighted by atomic mass is 10.5. The second kappa shape index (κ2) is 4.84. The Bertz CT molecular complexity index is 101. The zero-order chi connectivity index (χ0) is 6.41. The monoisotopic (exact) mass is 176 g/mol. The average Bonchev–Trinajstić information content (AvgIpc) is 1.68. The molecule has 0 aromatic carbocycles. The average molecular weight is 177 g/mol. The SMILES string of the molecule is C/C=C/C(=O)N[CH]Br. The summed E-state index contributed by atoms with van der Waals surface area (Å²) in [5.74, 6) is -0.121. The van der Waals surface area contributed by atoms with Crippen LogP contribution in [-0.4, -0.2) is 5.91 Å². The molecule has 1 amide bonds. The van der Waals surface area contributed by atoms with Crippen LogP contribution >= 0.6 is 15.9 Å². The highest BCUT2D eigenvalue weighted by atomic mass is 79.9. The first-order chi connectivity index (χ1) is 3.81. The van der Waals surface area contributed by atoms with Gasteiger partial charge >= 0.3 is 0 Å². The summed E-state index contributed by atoms with van der Waals surface area (Å²) < 4.78 is 0. The summed E-state index contributed by atoms with van der Waals surface area (Å²) in [5.41, 5.74) is 1.41. The third-order valence-electron chi connectivity index (χ3n) is 0.515. The van der Waals surface area contributed by atoms with E-state index in [-0.39, 0.29) is 5.91 Å². The van der Waals surface area contributed by atoms with E-state index in [1.165, 1.54) is 11.5 Å². The number of nitrogens with one attached hydrogen (secondary N) is 1. The third-order valence-corrected chi connectivity index (χ3v) is 0.744. The smallest absolute Gasteiger partial charge is 0.244 e.